The molecule has 0 aliphatic heterocycles. The van der Waals surface area contributed by atoms with Crippen LogP contribution in [0.5, 0.6) is 0 Å². The third-order valence-electron chi connectivity index (χ3n) is 2.91. The summed E-state index contributed by atoms with van der Waals surface area (Å²) in [7, 11) is 0. The molecule has 1 aromatic heterocycles. The fraction of sp³-hybridized carbons (Fsp3) is 0.143. The van der Waals surface area contributed by atoms with E-state index in [1.165, 1.54) is 5.56 Å². The molecule has 0 atom stereocenters. The number of rotatable bonds is 2. The molecule has 0 radical (unpaired) electrons. The maximum Gasteiger partial charge on any atom is 0.0927 e. The van der Waals surface area contributed by atoms with Crippen molar-refractivity contribution in [1.82, 2.24) is 9.97 Å². The van der Waals surface area contributed by atoms with Crippen LogP contribution < -0.4 is 0 Å². The fourth-order valence-electron chi connectivity index (χ4n) is 2.08. The van der Waals surface area contributed by atoms with Gasteiger partial charge in [0.2, 0.25) is 0 Å². The average molecular weight is 445 g/mol. The topological polar surface area (TPSA) is 25.8 Å². The van der Waals surface area contributed by atoms with Crippen molar-refractivity contribution in [2.75, 3.05) is 5.33 Å². The molecule has 0 saturated heterocycles. The van der Waals surface area contributed by atoms with E-state index in [0.717, 1.165) is 42.8 Å². The van der Waals surface area contributed by atoms with Crippen molar-refractivity contribution in [3.8, 4) is 0 Å². The Labute approximate surface area is 136 Å². The van der Waals surface area contributed by atoms with Gasteiger partial charge in [-0.05, 0) is 42.3 Å². The molecule has 0 bridgehead atoms. The highest BCUT2D eigenvalue weighted by molar-refractivity contribution is 9.10. The zero-order valence-electron chi connectivity index (χ0n) is 9.83. The van der Waals surface area contributed by atoms with Crippen molar-refractivity contribution in [3.05, 3.63) is 44.8 Å². The maximum absolute atomic E-state index is 4.75. The van der Waals surface area contributed by atoms with Crippen molar-refractivity contribution in [1.29, 1.82) is 0 Å². The maximum atomic E-state index is 4.75. The summed E-state index contributed by atoms with van der Waals surface area (Å²) >= 11 is 10.5. The molecule has 2 nitrogen and oxygen atoms in total. The Morgan fingerprint density at radius 1 is 0.842 bits per heavy atom. The van der Waals surface area contributed by atoms with Gasteiger partial charge in [0, 0.05) is 14.3 Å². The molecule has 0 aliphatic rings. The highest BCUT2D eigenvalue weighted by atomic mass is 79.9. The van der Waals surface area contributed by atoms with Gasteiger partial charge in [0.25, 0.3) is 0 Å². The van der Waals surface area contributed by atoms with E-state index in [0.29, 0.717) is 0 Å². The second kappa shape index (κ2) is 5.46. The van der Waals surface area contributed by atoms with Gasteiger partial charge < -0.3 is 0 Å². The second-order valence-electron chi connectivity index (χ2n) is 4.23. The Morgan fingerprint density at radius 2 is 1.63 bits per heavy atom. The van der Waals surface area contributed by atoms with E-state index >= 15 is 0 Å². The Bertz CT molecular complexity index is 771. The Morgan fingerprint density at radius 3 is 2.42 bits per heavy atom. The quantitative estimate of drug-likeness (QED) is 0.398. The number of alkyl halides is 1. The minimum absolute atomic E-state index is 0.907. The molecule has 5 heteroatoms. The number of halogens is 3. The smallest absolute Gasteiger partial charge is 0.0927 e. The predicted octanol–water partition coefficient (Wildman–Crippen LogP) is 5.25. The first kappa shape index (κ1) is 13.5. The lowest BCUT2D eigenvalue weighted by molar-refractivity contribution is 1.17. The van der Waals surface area contributed by atoms with Crippen molar-refractivity contribution in [3.63, 3.8) is 0 Å². The minimum Gasteiger partial charge on any atom is -0.244 e. The van der Waals surface area contributed by atoms with Gasteiger partial charge in [-0.25, -0.2) is 9.97 Å². The second-order valence-corrected chi connectivity index (χ2v) is 6.85. The van der Waals surface area contributed by atoms with Gasteiger partial charge in [-0.3, -0.25) is 0 Å². The Balaban J connectivity index is 2.36. The molecule has 96 valence electrons. The van der Waals surface area contributed by atoms with Gasteiger partial charge in [-0.1, -0.05) is 47.8 Å². The number of benzene rings is 2. The third kappa shape index (κ3) is 2.69. The molecule has 0 amide bonds. The van der Waals surface area contributed by atoms with Crippen LogP contribution in [0.4, 0.5) is 0 Å². The molecular formula is C14H9Br3N2. The van der Waals surface area contributed by atoms with Crippen LogP contribution in [0, 0.1) is 0 Å². The van der Waals surface area contributed by atoms with Crippen LogP contribution in [0.15, 0.2) is 39.3 Å². The lowest BCUT2D eigenvalue weighted by Crippen LogP contribution is -1.94. The fourth-order valence-corrected chi connectivity index (χ4v) is 3.35. The predicted molar refractivity (Wildman–Crippen MR) is 89.9 cm³/mol. The minimum atomic E-state index is 0.907. The van der Waals surface area contributed by atoms with Crippen LogP contribution in [0.3, 0.4) is 0 Å². The molecule has 2 aromatic carbocycles. The van der Waals surface area contributed by atoms with Crippen molar-refractivity contribution >= 4 is 69.9 Å². The molecule has 0 unspecified atom stereocenters. The zero-order chi connectivity index (χ0) is 13.4. The van der Waals surface area contributed by atoms with E-state index in [1.54, 1.807) is 0 Å². The summed E-state index contributed by atoms with van der Waals surface area (Å²) in [5, 5.41) is 0.915. The number of aromatic nitrogens is 2. The van der Waals surface area contributed by atoms with E-state index in [-0.39, 0.29) is 0 Å². The van der Waals surface area contributed by atoms with E-state index in [2.05, 4.69) is 53.9 Å². The van der Waals surface area contributed by atoms with E-state index < -0.39 is 0 Å². The monoisotopic (exact) mass is 442 g/mol. The highest BCUT2D eigenvalue weighted by Gasteiger charge is 2.08. The van der Waals surface area contributed by atoms with Crippen LogP contribution in [0.2, 0.25) is 0 Å². The van der Waals surface area contributed by atoms with E-state index in [4.69, 9.17) is 9.97 Å². The van der Waals surface area contributed by atoms with Gasteiger partial charge in [0.15, 0.2) is 0 Å². The Hall–Kier alpha value is -0.520. The van der Waals surface area contributed by atoms with Crippen molar-refractivity contribution in [2.24, 2.45) is 0 Å². The van der Waals surface area contributed by atoms with Gasteiger partial charge in [-0.15, -0.1) is 0 Å². The first-order valence-corrected chi connectivity index (χ1v) is 8.49. The number of fused-ring (bicyclic) bond motifs is 2. The standard InChI is InChI=1S/C14H9Br3N2/c15-4-3-8-5-10(17)7-13-14(8)19-11-2-1-9(16)6-12(11)18-13/h1-2,5-7H,3-4H2. The van der Waals surface area contributed by atoms with E-state index in [9.17, 15) is 0 Å². The molecule has 1 heterocycles. The van der Waals surface area contributed by atoms with Gasteiger partial charge >= 0.3 is 0 Å². The van der Waals surface area contributed by atoms with Gasteiger partial charge in [0.1, 0.15) is 0 Å². The summed E-state index contributed by atoms with van der Waals surface area (Å²) in [6.45, 7) is 0. The number of aryl methyl sites for hydroxylation is 1. The van der Waals surface area contributed by atoms with E-state index in [1.807, 2.05) is 24.3 Å². The zero-order valence-corrected chi connectivity index (χ0v) is 14.6. The summed E-state index contributed by atoms with van der Waals surface area (Å²) < 4.78 is 2.06. The largest absolute Gasteiger partial charge is 0.244 e. The number of nitrogens with zero attached hydrogens (tertiary/aromatic N) is 2. The average Bonchev–Trinajstić information content (AvgIpc) is 2.37. The molecule has 3 aromatic rings. The molecule has 3 rings (SSSR count). The molecule has 0 N–H and O–H groups in total. The molecule has 0 saturated carbocycles. The van der Waals surface area contributed by atoms with Crippen molar-refractivity contribution < 1.29 is 0 Å². The highest BCUT2D eigenvalue weighted by Crippen LogP contribution is 2.26. The summed E-state index contributed by atoms with van der Waals surface area (Å²) in [4.78, 5) is 9.46. The molecule has 0 aliphatic carbocycles. The number of hydrogen-bond acceptors (Lipinski definition) is 2. The first-order chi connectivity index (χ1) is 9.17. The molecule has 0 spiro atoms. The SMILES string of the molecule is BrCCc1cc(Br)cc2nc3cc(Br)ccc3nc12. The summed E-state index contributed by atoms with van der Waals surface area (Å²) in [5.74, 6) is 0. The van der Waals surface area contributed by atoms with Crippen LogP contribution in [0.25, 0.3) is 22.1 Å². The van der Waals surface area contributed by atoms with Crippen LogP contribution in [0.1, 0.15) is 5.56 Å². The van der Waals surface area contributed by atoms with Crippen LogP contribution in [-0.4, -0.2) is 15.3 Å². The lowest BCUT2D eigenvalue weighted by Gasteiger charge is -2.07. The number of hydrogen-bond donors (Lipinski definition) is 0. The summed E-state index contributed by atoms with van der Waals surface area (Å²) in [6, 6.07) is 10.1. The van der Waals surface area contributed by atoms with Crippen LogP contribution in [-0.2, 0) is 6.42 Å². The molecular weight excluding hydrogens is 436 g/mol. The summed E-state index contributed by atoms with van der Waals surface area (Å²) in [5.41, 5.74) is 4.95. The van der Waals surface area contributed by atoms with Crippen molar-refractivity contribution in [2.45, 2.75) is 6.42 Å². The van der Waals surface area contributed by atoms with Gasteiger partial charge in [-0.2, -0.15) is 0 Å². The molecule has 0 fully saturated rings. The molecule has 19 heavy (non-hydrogen) atoms. The first-order valence-electron chi connectivity index (χ1n) is 5.79. The van der Waals surface area contributed by atoms with Gasteiger partial charge in [0.05, 0.1) is 22.1 Å². The third-order valence-corrected chi connectivity index (χ3v) is 4.26. The summed E-state index contributed by atoms with van der Waals surface area (Å²) in [6.07, 6.45) is 0.937. The van der Waals surface area contributed by atoms with Crippen LogP contribution >= 0.6 is 47.8 Å². The Kier molecular flexibility index (Phi) is 3.87. The lowest BCUT2D eigenvalue weighted by atomic mass is 10.1. The normalized spacial score (nSPS) is 11.3.